The van der Waals surface area contributed by atoms with Gasteiger partial charge in [0.15, 0.2) is 12.3 Å². The van der Waals surface area contributed by atoms with Gasteiger partial charge in [-0.1, -0.05) is 78.9 Å². The molecule has 0 amide bonds. The van der Waals surface area contributed by atoms with Gasteiger partial charge in [0.25, 0.3) is 5.56 Å². The predicted octanol–water partition coefficient (Wildman–Crippen LogP) is 4.54. The number of benzene rings is 3. The average Bonchev–Trinajstić information content (AvgIpc) is 3.32. The van der Waals surface area contributed by atoms with Crippen LogP contribution in [0.1, 0.15) is 22.9 Å². The van der Waals surface area contributed by atoms with Crippen LogP contribution in [0.4, 0.5) is 0 Å². The summed E-state index contributed by atoms with van der Waals surface area (Å²) in [5, 5.41) is -0.132. The van der Waals surface area contributed by atoms with Crippen LogP contribution in [-0.4, -0.2) is 40.2 Å². The van der Waals surface area contributed by atoms with E-state index in [4.69, 9.17) is 35.9 Å². The Morgan fingerprint density at radius 1 is 0.857 bits per heavy atom. The molecule has 1 fully saturated rings. The number of hydrogen-bond acceptors (Lipinski definition) is 8. The van der Waals surface area contributed by atoms with Crippen LogP contribution in [0.2, 0.25) is 0 Å². The fourth-order valence-corrected chi connectivity index (χ4v) is 4.97. The molecule has 0 radical (unpaired) electrons. The lowest BCUT2D eigenvalue weighted by molar-refractivity contribution is -0.0691. The number of ether oxygens (including phenoxy) is 5. The molecule has 4 aromatic rings. The first-order valence-corrected chi connectivity index (χ1v) is 14.0. The molecule has 1 aliphatic heterocycles. The number of para-hydroxylation sites is 1. The highest BCUT2D eigenvalue weighted by Gasteiger charge is 2.48. The quantitative estimate of drug-likeness (QED) is 0.255. The van der Waals surface area contributed by atoms with Gasteiger partial charge in [0.1, 0.15) is 5.75 Å². The van der Waals surface area contributed by atoms with Crippen molar-refractivity contribution in [3.05, 3.63) is 135 Å². The van der Waals surface area contributed by atoms with Gasteiger partial charge in [-0.3, -0.25) is 14.3 Å². The molecule has 9 nitrogen and oxygen atoms in total. The number of thiocarbonyl (C=S) groups is 1. The number of aromatic nitrogens is 2. The summed E-state index contributed by atoms with van der Waals surface area (Å²) in [5.74, 6) is 0.0978. The molecule has 3 aromatic carbocycles. The summed E-state index contributed by atoms with van der Waals surface area (Å²) in [6.45, 7) is 2.79. The highest BCUT2D eigenvalue weighted by molar-refractivity contribution is 7.79. The van der Waals surface area contributed by atoms with Crippen LogP contribution in [0.3, 0.4) is 0 Å². The number of H-pyrrole nitrogens is 1. The average molecular weight is 589 g/mol. The lowest BCUT2D eigenvalue weighted by Crippen LogP contribution is -2.40. The second kappa shape index (κ2) is 14.2. The van der Waals surface area contributed by atoms with E-state index < -0.39 is 35.6 Å². The molecule has 0 aliphatic carbocycles. The molecule has 1 aromatic heterocycles. The van der Waals surface area contributed by atoms with Crippen molar-refractivity contribution >= 4 is 17.5 Å². The van der Waals surface area contributed by atoms with Crippen molar-refractivity contribution in [2.75, 3.05) is 13.2 Å². The molecule has 0 saturated carbocycles. The van der Waals surface area contributed by atoms with E-state index in [1.165, 1.54) is 10.8 Å². The maximum Gasteiger partial charge on any atom is 0.358 e. The van der Waals surface area contributed by atoms with E-state index >= 15 is 0 Å². The van der Waals surface area contributed by atoms with Crippen molar-refractivity contribution in [2.45, 2.75) is 38.6 Å². The molecular weight excluding hydrogens is 556 g/mol. The molecule has 10 heteroatoms. The van der Waals surface area contributed by atoms with E-state index in [0.717, 1.165) is 11.1 Å². The Kier molecular flexibility index (Phi) is 9.94. The molecule has 218 valence electrons. The highest BCUT2D eigenvalue weighted by atomic mass is 32.1. The third kappa shape index (κ3) is 7.59. The van der Waals surface area contributed by atoms with Crippen molar-refractivity contribution in [1.82, 2.24) is 9.55 Å². The standard InChI is InChI=1S/C32H32N2O7S/c1-22-17-34(31(36)33-29(22)35)30-28(41-32(42)39-25-15-9-4-10-16-25)26(20-37-18-23-11-5-2-6-12-23)27(40-30)21-38-19-24-13-7-3-8-14-24/h2-17,26-28,30H,18-21H2,1H3,(H,33,35,36)/t26-,27-,28-,30-/m1/s1. The monoisotopic (exact) mass is 588 g/mol. The largest absolute Gasteiger partial charge is 0.448 e. The van der Waals surface area contributed by atoms with Crippen LogP contribution in [0.15, 0.2) is 107 Å². The first kappa shape index (κ1) is 29.4. The Labute approximate surface area is 248 Å². The fraction of sp³-hybridized carbons (Fsp3) is 0.281. The Morgan fingerprint density at radius 3 is 2.05 bits per heavy atom. The lowest BCUT2D eigenvalue weighted by atomic mass is 9.99. The Hall–Kier alpha value is -4.09. The van der Waals surface area contributed by atoms with E-state index in [1.807, 2.05) is 78.9 Å². The summed E-state index contributed by atoms with van der Waals surface area (Å²) < 4.78 is 31.9. The lowest BCUT2D eigenvalue weighted by Gasteiger charge is -2.25. The normalized spacial score (nSPS) is 19.8. The molecule has 1 aliphatic rings. The summed E-state index contributed by atoms with van der Waals surface area (Å²) in [7, 11) is 0. The summed E-state index contributed by atoms with van der Waals surface area (Å²) >= 11 is 5.47. The second-order valence-electron chi connectivity index (χ2n) is 9.96. The van der Waals surface area contributed by atoms with Crippen LogP contribution < -0.4 is 16.0 Å². The zero-order valence-electron chi connectivity index (χ0n) is 23.1. The van der Waals surface area contributed by atoms with Crippen LogP contribution in [0.25, 0.3) is 0 Å². The SMILES string of the molecule is Cc1cn([C@@H]2O[C@H](COCc3ccccc3)[C@@H](COCc3ccccc3)[C@H]2OC(=S)Oc2ccccc2)c(=O)[nH]c1=O. The third-order valence-electron chi connectivity index (χ3n) is 6.91. The van der Waals surface area contributed by atoms with Crippen LogP contribution in [0, 0.1) is 12.8 Å². The number of aromatic amines is 1. The molecular formula is C32H32N2O7S. The number of aryl methyl sites for hydroxylation is 1. The molecule has 4 atom stereocenters. The molecule has 0 bridgehead atoms. The summed E-state index contributed by atoms with van der Waals surface area (Å²) in [6, 6.07) is 28.6. The summed E-state index contributed by atoms with van der Waals surface area (Å²) in [4.78, 5) is 27.4. The van der Waals surface area contributed by atoms with Crippen LogP contribution in [-0.2, 0) is 32.2 Å². The summed E-state index contributed by atoms with van der Waals surface area (Å²) in [6.07, 6.45) is -0.817. The van der Waals surface area contributed by atoms with Gasteiger partial charge in [-0.2, -0.15) is 0 Å². The smallest absolute Gasteiger partial charge is 0.358 e. The maximum atomic E-state index is 13.0. The van der Waals surface area contributed by atoms with E-state index in [-0.39, 0.29) is 18.5 Å². The Morgan fingerprint density at radius 2 is 1.43 bits per heavy atom. The van der Waals surface area contributed by atoms with E-state index in [9.17, 15) is 9.59 Å². The van der Waals surface area contributed by atoms with Gasteiger partial charge < -0.3 is 23.7 Å². The van der Waals surface area contributed by atoms with E-state index in [2.05, 4.69) is 4.98 Å². The zero-order valence-corrected chi connectivity index (χ0v) is 23.9. The second-order valence-corrected chi connectivity index (χ2v) is 10.3. The van der Waals surface area contributed by atoms with Crippen molar-refractivity contribution in [1.29, 1.82) is 0 Å². The number of nitrogens with zero attached hydrogens (tertiary/aromatic N) is 1. The van der Waals surface area contributed by atoms with Crippen LogP contribution >= 0.6 is 12.2 Å². The first-order chi connectivity index (χ1) is 20.5. The molecule has 1 N–H and O–H groups in total. The van der Waals surface area contributed by atoms with Crippen molar-refractivity contribution in [2.24, 2.45) is 5.92 Å². The predicted molar refractivity (Wildman–Crippen MR) is 160 cm³/mol. The molecule has 42 heavy (non-hydrogen) atoms. The van der Waals surface area contributed by atoms with E-state index in [1.54, 1.807) is 19.1 Å². The van der Waals surface area contributed by atoms with Gasteiger partial charge in [0.05, 0.1) is 38.4 Å². The Bertz CT molecular complexity index is 1560. The molecule has 2 heterocycles. The minimum Gasteiger partial charge on any atom is -0.448 e. The van der Waals surface area contributed by atoms with Crippen molar-refractivity contribution in [3.63, 3.8) is 0 Å². The van der Waals surface area contributed by atoms with Crippen LogP contribution in [0.5, 0.6) is 5.75 Å². The maximum absolute atomic E-state index is 13.0. The van der Waals surface area contributed by atoms with E-state index in [0.29, 0.717) is 24.5 Å². The molecule has 1 saturated heterocycles. The van der Waals surface area contributed by atoms with Crippen molar-refractivity contribution < 1.29 is 23.7 Å². The first-order valence-electron chi connectivity index (χ1n) is 13.6. The molecule has 0 spiro atoms. The molecule has 5 rings (SSSR count). The number of nitrogens with one attached hydrogen (secondary N) is 1. The van der Waals surface area contributed by atoms with Crippen molar-refractivity contribution in [3.8, 4) is 5.75 Å². The summed E-state index contributed by atoms with van der Waals surface area (Å²) in [5.41, 5.74) is 1.27. The third-order valence-corrected chi connectivity index (χ3v) is 7.09. The highest BCUT2D eigenvalue weighted by Crippen LogP contribution is 2.37. The van der Waals surface area contributed by atoms with Gasteiger partial charge in [0, 0.05) is 24.0 Å². The van der Waals surface area contributed by atoms with Gasteiger partial charge in [-0.25, -0.2) is 4.79 Å². The van der Waals surface area contributed by atoms with Gasteiger partial charge in [0.2, 0.25) is 0 Å². The van der Waals surface area contributed by atoms with Gasteiger partial charge in [-0.15, -0.1) is 0 Å². The minimum atomic E-state index is -0.943. The zero-order chi connectivity index (χ0) is 29.3. The topological polar surface area (TPSA) is 101 Å². The minimum absolute atomic E-state index is 0.132. The Balaban J connectivity index is 1.41. The molecule has 0 unspecified atom stereocenters. The number of hydrogen-bond donors (Lipinski definition) is 1. The van der Waals surface area contributed by atoms with Gasteiger partial charge in [-0.05, 0) is 30.2 Å². The fourth-order valence-electron chi connectivity index (χ4n) is 4.76. The number of rotatable bonds is 11. The van der Waals surface area contributed by atoms with Gasteiger partial charge >= 0.3 is 10.9 Å².